The molecule has 0 aromatic heterocycles. The fraction of sp³-hybridized carbons (Fsp3) is 0.467. The van der Waals surface area contributed by atoms with Gasteiger partial charge in [-0.1, -0.05) is 36.9 Å². The molecule has 1 aromatic carbocycles. The van der Waals surface area contributed by atoms with Crippen LogP contribution in [0.2, 0.25) is 0 Å². The second-order valence-corrected chi connectivity index (χ2v) is 4.26. The Labute approximate surface area is 100.0 Å². The van der Waals surface area contributed by atoms with Crippen LogP contribution in [0.5, 0.6) is 0 Å². The van der Waals surface area contributed by atoms with E-state index in [1.165, 1.54) is 5.56 Å². The summed E-state index contributed by atoms with van der Waals surface area (Å²) < 4.78 is 1.09. The van der Waals surface area contributed by atoms with E-state index in [1.807, 2.05) is 0 Å². The molecule has 0 saturated carbocycles. The van der Waals surface area contributed by atoms with E-state index in [9.17, 15) is 0 Å². The van der Waals surface area contributed by atoms with Gasteiger partial charge in [-0.3, -0.25) is 0 Å². The van der Waals surface area contributed by atoms with Crippen LogP contribution in [0.3, 0.4) is 0 Å². The summed E-state index contributed by atoms with van der Waals surface area (Å²) in [5, 5.41) is 0. The molecule has 0 fully saturated rings. The highest BCUT2D eigenvalue weighted by molar-refractivity contribution is 5.20. The van der Waals surface area contributed by atoms with Crippen LogP contribution in [0.1, 0.15) is 32.4 Å². The summed E-state index contributed by atoms with van der Waals surface area (Å²) in [7, 11) is 0. The molecule has 1 nitrogen and oxygen atoms in total. The number of hydrogen-bond donors (Lipinski definition) is 0. The number of quaternary nitrogens is 1. The van der Waals surface area contributed by atoms with E-state index in [0.29, 0.717) is 6.04 Å². The van der Waals surface area contributed by atoms with Crippen molar-refractivity contribution < 1.29 is 4.48 Å². The van der Waals surface area contributed by atoms with Gasteiger partial charge in [-0.15, -0.1) is 0 Å². The molecule has 1 heteroatoms. The average molecular weight is 218 g/mol. The summed E-state index contributed by atoms with van der Waals surface area (Å²) in [6, 6.07) is 11.1. The first kappa shape index (κ1) is 13.0. The van der Waals surface area contributed by atoms with Crippen LogP contribution in [0.4, 0.5) is 0 Å². The van der Waals surface area contributed by atoms with Crippen molar-refractivity contribution in [3.63, 3.8) is 0 Å². The predicted octanol–water partition coefficient (Wildman–Crippen LogP) is 3.79. The fourth-order valence-electron chi connectivity index (χ4n) is 2.59. The van der Waals surface area contributed by atoms with E-state index in [2.05, 4.69) is 63.8 Å². The van der Waals surface area contributed by atoms with Gasteiger partial charge in [-0.2, -0.15) is 0 Å². The molecule has 0 aliphatic rings. The monoisotopic (exact) mass is 218 g/mol. The van der Waals surface area contributed by atoms with Gasteiger partial charge in [0.25, 0.3) is 0 Å². The third-order valence-electron chi connectivity index (χ3n) is 3.84. The minimum absolute atomic E-state index is 0.418. The van der Waals surface area contributed by atoms with Gasteiger partial charge in [0.15, 0.2) is 0 Å². The first-order chi connectivity index (χ1) is 7.74. The van der Waals surface area contributed by atoms with Crippen LogP contribution >= 0.6 is 0 Å². The third kappa shape index (κ3) is 2.35. The molecule has 0 heterocycles. The Morgan fingerprint density at radius 1 is 1.06 bits per heavy atom. The summed E-state index contributed by atoms with van der Waals surface area (Å²) in [5.74, 6) is 0. The molecule has 0 bridgehead atoms. The number of nitrogens with zero attached hydrogens (tertiary/aromatic N) is 1. The Kier molecular flexibility index (Phi) is 4.75. The number of rotatable bonds is 6. The molecular formula is C15H24N+. The van der Waals surface area contributed by atoms with Crippen LogP contribution in [0, 0.1) is 0 Å². The Bertz CT molecular complexity index is 303. The van der Waals surface area contributed by atoms with Crippen molar-refractivity contribution in [2.24, 2.45) is 0 Å². The maximum absolute atomic E-state index is 4.03. The summed E-state index contributed by atoms with van der Waals surface area (Å²) >= 11 is 0. The Hall–Kier alpha value is -1.08. The maximum Gasteiger partial charge on any atom is 0.133 e. The van der Waals surface area contributed by atoms with Crippen molar-refractivity contribution in [1.82, 2.24) is 0 Å². The van der Waals surface area contributed by atoms with Crippen LogP contribution in [-0.4, -0.2) is 24.1 Å². The topological polar surface area (TPSA) is 0 Å². The zero-order valence-electron chi connectivity index (χ0n) is 10.8. The largest absolute Gasteiger partial charge is 0.315 e. The van der Waals surface area contributed by atoms with E-state index in [4.69, 9.17) is 0 Å². The van der Waals surface area contributed by atoms with Crippen molar-refractivity contribution in [2.75, 3.05) is 19.6 Å². The SMILES string of the molecule is C=CC(c1ccccc1)[N+](CC)(CC)CC. The first-order valence-electron chi connectivity index (χ1n) is 6.27. The smallest absolute Gasteiger partial charge is 0.133 e. The van der Waals surface area contributed by atoms with Crippen molar-refractivity contribution in [2.45, 2.75) is 26.8 Å². The quantitative estimate of drug-likeness (QED) is 0.503. The summed E-state index contributed by atoms with van der Waals surface area (Å²) in [4.78, 5) is 0. The molecular weight excluding hydrogens is 194 g/mol. The van der Waals surface area contributed by atoms with E-state index in [-0.39, 0.29) is 0 Å². The Morgan fingerprint density at radius 3 is 1.94 bits per heavy atom. The number of hydrogen-bond acceptors (Lipinski definition) is 0. The highest BCUT2D eigenvalue weighted by Crippen LogP contribution is 2.29. The first-order valence-corrected chi connectivity index (χ1v) is 6.27. The third-order valence-corrected chi connectivity index (χ3v) is 3.84. The lowest BCUT2D eigenvalue weighted by Gasteiger charge is -2.42. The second-order valence-electron chi connectivity index (χ2n) is 4.26. The molecule has 16 heavy (non-hydrogen) atoms. The van der Waals surface area contributed by atoms with E-state index < -0.39 is 0 Å². The highest BCUT2D eigenvalue weighted by Gasteiger charge is 2.30. The summed E-state index contributed by atoms with van der Waals surface area (Å²) in [6.07, 6.45) is 2.10. The van der Waals surface area contributed by atoms with E-state index in [1.54, 1.807) is 0 Å². The minimum atomic E-state index is 0.418. The highest BCUT2D eigenvalue weighted by atomic mass is 15.4. The molecule has 0 amide bonds. The summed E-state index contributed by atoms with van der Waals surface area (Å²) in [6.45, 7) is 14.3. The van der Waals surface area contributed by atoms with Crippen LogP contribution in [0.15, 0.2) is 43.0 Å². The van der Waals surface area contributed by atoms with Crippen LogP contribution in [-0.2, 0) is 0 Å². The molecule has 1 atom stereocenters. The van der Waals surface area contributed by atoms with Crippen LogP contribution in [0.25, 0.3) is 0 Å². The fourth-order valence-corrected chi connectivity index (χ4v) is 2.59. The molecule has 88 valence electrons. The van der Waals surface area contributed by atoms with Gasteiger partial charge in [0.2, 0.25) is 0 Å². The second kappa shape index (κ2) is 5.86. The van der Waals surface area contributed by atoms with Gasteiger partial charge >= 0.3 is 0 Å². The minimum Gasteiger partial charge on any atom is -0.315 e. The molecule has 0 aliphatic heterocycles. The molecule has 0 spiro atoms. The Morgan fingerprint density at radius 2 is 1.56 bits per heavy atom. The van der Waals surface area contributed by atoms with Gasteiger partial charge in [-0.25, -0.2) is 0 Å². The van der Waals surface area contributed by atoms with Crippen molar-refractivity contribution >= 4 is 0 Å². The van der Waals surface area contributed by atoms with Gasteiger partial charge < -0.3 is 4.48 Å². The lowest BCUT2D eigenvalue weighted by molar-refractivity contribution is -0.946. The molecule has 0 N–H and O–H groups in total. The zero-order chi connectivity index (χ0) is 12.0. The molecule has 0 radical (unpaired) electrons. The van der Waals surface area contributed by atoms with Gasteiger partial charge in [0, 0.05) is 5.56 Å². The zero-order valence-corrected chi connectivity index (χ0v) is 10.8. The van der Waals surface area contributed by atoms with Crippen molar-refractivity contribution in [1.29, 1.82) is 0 Å². The van der Waals surface area contributed by atoms with Crippen molar-refractivity contribution in [3.05, 3.63) is 48.6 Å². The average Bonchev–Trinajstić information content (AvgIpc) is 2.37. The van der Waals surface area contributed by atoms with E-state index in [0.717, 1.165) is 24.1 Å². The molecule has 1 aromatic rings. The van der Waals surface area contributed by atoms with Crippen molar-refractivity contribution in [3.8, 4) is 0 Å². The maximum atomic E-state index is 4.03. The standard InChI is InChI=1S/C15H24N/c1-5-15(14-12-10-9-11-13-14)16(6-2,7-3)8-4/h5,9-13,15H,1,6-8H2,2-4H3/q+1. The van der Waals surface area contributed by atoms with Gasteiger partial charge in [-0.05, 0) is 26.8 Å². The van der Waals surface area contributed by atoms with Gasteiger partial charge in [0.1, 0.15) is 6.04 Å². The Balaban J connectivity index is 3.10. The lowest BCUT2D eigenvalue weighted by Crippen LogP contribution is -2.49. The molecule has 0 saturated heterocycles. The van der Waals surface area contributed by atoms with Gasteiger partial charge in [0.05, 0.1) is 19.6 Å². The lowest BCUT2D eigenvalue weighted by atomic mass is 10.0. The predicted molar refractivity (Wildman–Crippen MR) is 71.3 cm³/mol. The summed E-state index contributed by atoms with van der Waals surface area (Å²) in [5.41, 5.74) is 1.38. The van der Waals surface area contributed by atoms with E-state index >= 15 is 0 Å². The molecule has 1 rings (SSSR count). The normalized spacial score (nSPS) is 13.4. The number of benzene rings is 1. The molecule has 0 aliphatic carbocycles. The van der Waals surface area contributed by atoms with Crippen LogP contribution < -0.4 is 0 Å². The number of likely N-dealkylation sites (N-methyl/N-ethyl adjacent to an activating group) is 1. The molecule has 1 unspecified atom stereocenters.